The first kappa shape index (κ1) is 23.0. The highest BCUT2D eigenvalue weighted by atomic mass is 16.7. The molecule has 2 heterocycles. The summed E-state index contributed by atoms with van der Waals surface area (Å²) in [7, 11) is 0. The Morgan fingerprint density at radius 1 is 0.639 bits per heavy atom. The predicted octanol–water partition coefficient (Wildman–Crippen LogP) is 3.80. The molecule has 0 unspecified atom stereocenters. The van der Waals surface area contributed by atoms with Crippen LogP contribution >= 0.6 is 0 Å². The standard InChI is InChI=1S/C28H24N2O6/c31-27(10-6-19-4-8-23-25(13-19)35-17-33-23)29-15-21-2-1-3-22(12-21)16-30-28(32)11-7-20-5-9-24-26(14-20)36-18-34-24/h1-14H,15-18H2,(H,29,31)(H,30,32). The van der Waals surface area contributed by atoms with Crippen LogP contribution < -0.4 is 29.6 Å². The molecule has 2 N–H and O–H groups in total. The van der Waals surface area contributed by atoms with E-state index in [4.69, 9.17) is 18.9 Å². The van der Waals surface area contributed by atoms with Crippen molar-refractivity contribution < 1.29 is 28.5 Å². The third-order valence-corrected chi connectivity index (χ3v) is 5.57. The van der Waals surface area contributed by atoms with Gasteiger partial charge in [0.15, 0.2) is 23.0 Å². The zero-order valence-corrected chi connectivity index (χ0v) is 19.4. The van der Waals surface area contributed by atoms with Gasteiger partial charge in [-0.25, -0.2) is 0 Å². The minimum atomic E-state index is -0.208. The molecule has 0 aromatic heterocycles. The Hall–Kier alpha value is -4.72. The quantitative estimate of drug-likeness (QED) is 0.473. The average Bonchev–Trinajstić information content (AvgIpc) is 3.57. The summed E-state index contributed by atoms with van der Waals surface area (Å²) in [5.74, 6) is 2.33. The van der Waals surface area contributed by atoms with Crippen molar-refractivity contribution in [3.05, 3.63) is 95.1 Å². The lowest BCUT2D eigenvalue weighted by Crippen LogP contribution is -2.21. The van der Waals surface area contributed by atoms with Crippen LogP contribution in [-0.4, -0.2) is 25.4 Å². The summed E-state index contributed by atoms with van der Waals surface area (Å²) >= 11 is 0. The Kier molecular flexibility index (Phi) is 6.84. The number of carbonyl (C=O) groups excluding carboxylic acids is 2. The van der Waals surface area contributed by atoms with E-state index in [9.17, 15) is 9.59 Å². The summed E-state index contributed by atoms with van der Waals surface area (Å²) in [4.78, 5) is 24.5. The molecule has 3 aromatic rings. The molecule has 2 aliphatic rings. The van der Waals surface area contributed by atoms with Crippen molar-refractivity contribution in [1.82, 2.24) is 10.6 Å². The Morgan fingerprint density at radius 2 is 1.11 bits per heavy atom. The molecule has 0 saturated heterocycles. The predicted molar refractivity (Wildman–Crippen MR) is 133 cm³/mol. The van der Waals surface area contributed by atoms with Crippen LogP contribution in [0.1, 0.15) is 22.3 Å². The summed E-state index contributed by atoms with van der Waals surface area (Å²) in [6.07, 6.45) is 6.41. The fraction of sp³-hybridized carbons (Fsp3) is 0.143. The molecular formula is C28H24N2O6. The van der Waals surface area contributed by atoms with E-state index in [0.29, 0.717) is 36.1 Å². The van der Waals surface area contributed by atoms with Gasteiger partial charge in [0.25, 0.3) is 0 Å². The van der Waals surface area contributed by atoms with Crippen molar-refractivity contribution in [2.75, 3.05) is 13.6 Å². The molecule has 36 heavy (non-hydrogen) atoms. The molecule has 2 amide bonds. The third-order valence-electron chi connectivity index (χ3n) is 5.57. The lowest BCUT2D eigenvalue weighted by atomic mass is 10.1. The Balaban J connectivity index is 1.08. The van der Waals surface area contributed by atoms with Crippen molar-refractivity contribution in [2.24, 2.45) is 0 Å². The van der Waals surface area contributed by atoms with Gasteiger partial charge in [0, 0.05) is 25.2 Å². The Morgan fingerprint density at radius 3 is 1.61 bits per heavy atom. The number of hydrogen-bond donors (Lipinski definition) is 2. The van der Waals surface area contributed by atoms with Gasteiger partial charge < -0.3 is 29.6 Å². The highest BCUT2D eigenvalue weighted by Crippen LogP contribution is 2.33. The zero-order chi connectivity index (χ0) is 24.7. The van der Waals surface area contributed by atoms with Gasteiger partial charge in [0.1, 0.15) is 0 Å². The molecule has 2 aliphatic heterocycles. The van der Waals surface area contributed by atoms with Gasteiger partial charge in [0.2, 0.25) is 25.4 Å². The first-order chi connectivity index (χ1) is 17.6. The highest BCUT2D eigenvalue weighted by molar-refractivity contribution is 5.92. The van der Waals surface area contributed by atoms with E-state index in [-0.39, 0.29) is 25.4 Å². The second kappa shape index (κ2) is 10.7. The number of nitrogens with one attached hydrogen (secondary N) is 2. The molecular weight excluding hydrogens is 460 g/mol. The van der Waals surface area contributed by atoms with Crippen molar-refractivity contribution in [2.45, 2.75) is 13.1 Å². The van der Waals surface area contributed by atoms with Crippen LogP contribution in [0.3, 0.4) is 0 Å². The van der Waals surface area contributed by atoms with Crippen LogP contribution in [0.5, 0.6) is 23.0 Å². The molecule has 0 fully saturated rings. The Labute approximate surface area is 208 Å². The van der Waals surface area contributed by atoms with Crippen LogP contribution in [0.2, 0.25) is 0 Å². The van der Waals surface area contributed by atoms with Gasteiger partial charge in [0.05, 0.1) is 0 Å². The maximum atomic E-state index is 12.2. The number of rotatable bonds is 8. The minimum absolute atomic E-state index is 0.208. The van der Waals surface area contributed by atoms with Gasteiger partial charge in [-0.3, -0.25) is 9.59 Å². The third kappa shape index (κ3) is 5.85. The van der Waals surface area contributed by atoms with Crippen LogP contribution in [0.15, 0.2) is 72.8 Å². The molecule has 0 atom stereocenters. The summed E-state index contributed by atoms with van der Waals surface area (Å²) in [6, 6.07) is 18.7. The monoisotopic (exact) mass is 484 g/mol. The lowest BCUT2D eigenvalue weighted by Gasteiger charge is -2.07. The van der Waals surface area contributed by atoms with Gasteiger partial charge >= 0.3 is 0 Å². The SMILES string of the molecule is O=C(C=Cc1ccc2c(c1)OCO2)NCc1cccc(CNC(=O)C=Cc2ccc3c(c2)OCO3)c1. The number of benzene rings is 3. The minimum Gasteiger partial charge on any atom is -0.454 e. The van der Waals surface area contributed by atoms with Crippen molar-refractivity contribution >= 4 is 24.0 Å². The number of amides is 2. The molecule has 8 heteroatoms. The Bertz CT molecular complexity index is 1250. The number of hydrogen-bond acceptors (Lipinski definition) is 6. The number of ether oxygens (including phenoxy) is 4. The summed E-state index contributed by atoms with van der Waals surface area (Å²) in [6.45, 7) is 1.17. The van der Waals surface area contributed by atoms with E-state index in [1.54, 1.807) is 12.2 Å². The molecule has 0 saturated carbocycles. The first-order valence-electron chi connectivity index (χ1n) is 11.4. The molecule has 0 aliphatic carbocycles. The fourth-order valence-electron chi connectivity index (χ4n) is 3.72. The molecule has 3 aromatic carbocycles. The first-order valence-corrected chi connectivity index (χ1v) is 11.4. The summed E-state index contributed by atoms with van der Waals surface area (Å²) in [5, 5.41) is 5.74. The van der Waals surface area contributed by atoms with Crippen molar-refractivity contribution in [3.63, 3.8) is 0 Å². The maximum Gasteiger partial charge on any atom is 0.244 e. The van der Waals surface area contributed by atoms with Crippen molar-refractivity contribution in [1.29, 1.82) is 0 Å². The number of carbonyl (C=O) groups is 2. The normalized spacial score (nSPS) is 13.3. The lowest BCUT2D eigenvalue weighted by molar-refractivity contribution is -0.117. The van der Waals surface area contributed by atoms with Crippen LogP contribution in [0.4, 0.5) is 0 Å². The van der Waals surface area contributed by atoms with E-state index in [0.717, 1.165) is 22.3 Å². The molecule has 5 rings (SSSR count). The van der Waals surface area contributed by atoms with E-state index in [2.05, 4.69) is 10.6 Å². The fourth-order valence-corrected chi connectivity index (χ4v) is 3.72. The van der Waals surface area contributed by atoms with Crippen LogP contribution in [-0.2, 0) is 22.7 Å². The van der Waals surface area contributed by atoms with Gasteiger partial charge in [-0.05, 0) is 58.7 Å². The van der Waals surface area contributed by atoms with Crippen LogP contribution in [0.25, 0.3) is 12.2 Å². The van der Waals surface area contributed by atoms with E-state index >= 15 is 0 Å². The number of fused-ring (bicyclic) bond motifs is 2. The molecule has 182 valence electrons. The molecule has 0 bridgehead atoms. The average molecular weight is 485 g/mol. The smallest absolute Gasteiger partial charge is 0.244 e. The molecule has 8 nitrogen and oxygen atoms in total. The summed E-state index contributed by atoms with van der Waals surface area (Å²) in [5.41, 5.74) is 3.56. The second-order valence-corrected chi connectivity index (χ2v) is 8.15. The largest absolute Gasteiger partial charge is 0.454 e. The van der Waals surface area contributed by atoms with E-state index in [1.807, 2.05) is 60.7 Å². The molecule has 0 spiro atoms. The van der Waals surface area contributed by atoms with E-state index in [1.165, 1.54) is 12.2 Å². The topological polar surface area (TPSA) is 95.1 Å². The highest BCUT2D eigenvalue weighted by Gasteiger charge is 2.13. The zero-order valence-electron chi connectivity index (χ0n) is 19.4. The van der Waals surface area contributed by atoms with Gasteiger partial charge in [-0.15, -0.1) is 0 Å². The van der Waals surface area contributed by atoms with Crippen LogP contribution in [0, 0.1) is 0 Å². The molecule has 0 radical (unpaired) electrons. The van der Waals surface area contributed by atoms with Gasteiger partial charge in [-0.2, -0.15) is 0 Å². The van der Waals surface area contributed by atoms with Gasteiger partial charge in [-0.1, -0.05) is 36.4 Å². The second-order valence-electron chi connectivity index (χ2n) is 8.15. The van der Waals surface area contributed by atoms with E-state index < -0.39 is 0 Å². The summed E-state index contributed by atoms with van der Waals surface area (Å²) < 4.78 is 21.3. The van der Waals surface area contributed by atoms with Crippen molar-refractivity contribution in [3.8, 4) is 23.0 Å². The maximum absolute atomic E-state index is 12.2.